The molecule has 7 nitrogen and oxygen atoms in total. The normalized spacial score (nSPS) is 15.1. The van der Waals surface area contributed by atoms with Gasteiger partial charge < -0.3 is 20.1 Å². The predicted octanol–water partition coefficient (Wildman–Crippen LogP) is 4.72. The van der Waals surface area contributed by atoms with Gasteiger partial charge in [0.05, 0.1) is 17.9 Å². The zero-order valence-corrected chi connectivity index (χ0v) is 19.0. The summed E-state index contributed by atoms with van der Waals surface area (Å²) in [7, 11) is 0. The number of nitrogens with zero attached hydrogens (tertiary/aromatic N) is 1. The summed E-state index contributed by atoms with van der Waals surface area (Å²) in [5, 5.41) is 12.1. The number of amides is 1. The lowest BCUT2D eigenvalue weighted by molar-refractivity contribution is -0.192. The van der Waals surface area contributed by atoms with Crippen LogP contribution in [-0.4, -0.2) is 52.0 Å². The second-order valence-electron chi connectivity index (χ2n) is 7.59. The van der Waals surface area contributed by atoms with Crippen molar-refractivity contribution in [1.82, 2.24) is 15.3 Å². The van der Waals surface area contributed by atoms with Crippen molar-refractivity contribution in [1.29, 1.82) is 0 Å². The average molecular weight is 504 g/mol. The fourth-order valence-electron chi connectivity index (χ4n) is 3.53. The van der Waals surface area contributed by atoms with Crippen LogP contribution in [0.25, 0.3) is 28.3 Å². The highest BCUT2D eigenvalue weighted by Crippen LogP contribution is 2.29. The zero-order chi connectivity index (χ0) is 25.0. The van der Waals surface area contributed by atoms with Gasteiger partial charge in [0.2, 0.25) is 0 Å². The van der Waals surface area contributed by atoms with E-state index in [0.29, 0.717) is 6.54 Å². The topological polar surface area (TPSA) is 104 Å². The molecule has 4 heterocycles. The van der Waals surface area contributed by atoms with Gasteiger partial charge in [-0.05, 0) is 18.2 Å². The second kappa shape index (κ2) is 10.3. The minimum absolute atomic E-state index is 0.00832. The van der Waals surface area contributed by atoms with Crippen molar-refractivity contribution in [2.24, 2.45) is 0 Å². The Balaban J connectivity index is 0.000000364. The van der Waals surface area contributed by atoms with E-state index in [2.05, 4.69) is 51.0 Å². The van der Waals surface area contributed by atoms with Crippen LogP contribution in [0.3, 0.4) is 0 Å². The molecule has 0 bridgehead atoms. The van der Waals surface area contributed by atoms with Crippen molar-refractivity contribution < 1.29 is 32.6 Å². The van der Waals surface area contributed by atoms with Crippen LogP contribution >= 0.6 is 11.8 Å². The number of ether oxygens (including phenoxy) is 1. The Morgan fingerprint density at radius 2 is 1.80 bits per heavy atom. The summed E-state index contributed by atoms with van der Waals surface area (Å²) >= 11 is 1.78. The lowest BCUT2D eigenvalue weighted by Gasteiger charge is -2.14. The third-order valence-electron chi connectivity index (χ3n) is 5.23. The van der Waals surface area contributed by atoms with Crippen LogP contribution in [0.4, 0.5) is 13.2 Å². The van der Waals surface area contributed by atoms with Crippen molar-refractivity contribution in [3.05, 3.63) is 70.9 Å². The van der Waals surface area contributed by atoms with E-state index in [9.17, 15) is 18.0 Å². The molecule has 2 aliphatic rings. The van der Waals surface area contributed by atoms with Gasteiger partial charge in [0.25, 0.3) is 5.91 Å². The molecule has 3 N–H and O–H groups in total. The SMILES string of the molecule is O=C(O)C(F)(F)F.O=C1NCCc2[nH]c(-c3ccnc(-c4ccc(C5=CSCCO5)cc4)c3)cc21. The molecule has 35 heavy (non-hydrogen) atoms. The predicted molar refractivity (Wildman–Crippen MR) is 126 cm³/mol. The standard InChI is InChI=1S/C22H19N3O2S.C2HF3O2/c26-22-17-12-20(25-18(17)6-8-24-22)16-5-7-23-19(11-16)14-1-3-15(4-2-14)21-13-28-10-9-27-21;3-2(4,5)1(6)7/h1-5,7,11-13,25H,6,8-10H2,(H,24,26);(H,6,7). The maximum Gasteiger partial charge on any atom is 0.490 e. The van der Waals surface area contributed by atoms with Gasteiger partial charge >= 0.3 is 12.1 Å². The molecule has 0 atom stereocenters. The molecule has 0 saturated carbocycles. The van der Waals surface area contributed by atoms with Gasteiger partial charge in [-0.15, -0.1) is 11.8 Å². The van der Waals surface area contributed by atoms with Gasteiger partial charge in [0.1, 0.15) is 5.76 Å². The number of carbonyl (C=O) groups excluding carboxylic acids is 1. The molecule has 0 spiro atoms. The third kappa shape index (κ3) is 5.86. The summed E-state index contributed by atoms with van der Waals surface area (Å²) < 4.78 is 37.5. The number of carbonyl (C=O) groups is 2. The van der Waals surface area contributed by atoms with Crippen LogP contribution in [-0.2, 0) is 16.0 Å². The molecule has 1 amide bonds. The highest BCUT2D eigenvalue weighted by Gasteiger charge is 2.38. The minimum Gasteiger partial charge on any atom is -0.492 e. The Kier molecular flexibility index (Phi) is 7.15. The number of carboxylic acid groups (broad SMARTS) is 1. The molecule has 0 unspecified atom stereocenters. The third-order valence-corrected chi connectivity index (χ3v) is 6.02. The summed E-state index contributed by atoms with van der Waals surface area (Å²) in [6.07, 6.45) is -2.45. The second-order valence-corrected chi connectivity index (χ2v) is 8.57. The number of pyridine rings is 1. The van der Waals surface area contributed by atoms with Gasteiger partial charge in [-0.1, -0.05) is 24.3 Å². The van der Waals surface area contributed by atoms with E-state index < -0.39 is 12.1 Å². The van der Waals surface area contributed by atoms with Crippen molar-refractivity contribution in [3.8, 4) is 22.5 Å². The van der Waals surface area contributed by atoms with Crippen LogP contribution < -0.4 is 5.32 Å². The quantitative estimate of drug-likeness (QED) is 0.478. The van der Waals surface area contributed by atoms with E-state index in [1.165, 1.54) is 0 Å². The maximum absolute atomic E-state index is 12.0. The number of thioether (sulfide) groups is 1. The number of alkyl halides is 3. The van der Waals surface area contributed by atoms with E-state index >= 15 is 0 Å². The minimum atomic E-state index is -5.08. The van der Waals surface area contributed by atoms with Crippen LogP contribution in [0.5, 0.6) is 0 Å². The monoisotopic (exact) mass is 503 g/mol. The van der Waals surface area contributed by atoms with Gasteiger partial charge in [-0.3, -0.25) is 9.78 Å². The molecule has 0 saturated heterocycles. The number of hydrogen-bond donors (Lipinski definition) is 3. The van der Waals surface area contributed by atoms with E-state index in [1.54, 1.807) is 11.8 Å². The van der Waals surface area contributed by atoms with Crippen molar-refractivity contribution >= 4 is 29.4 Å². The lowest BCUT2D eigenvalue weighted by atomic mass is 10.0. The highest BCUT2D eigenvalue weighted by atomic mass is 32.2. The van der Waals surface area contributed by atoms with Crippen LogP contribution in [0.1, 0.15) is 21.6 Å². The highest BCUT2D eigenvalue weighted by molar-refractivity contribution is 8.02. The van der Waals surface area contributed by atoms with E-state index in [4.69, 9.17) is 14.6 Å². The Morgan fingerprint density at radius 3 is 2.43 bits per heavy atom. The molecule has 1 aromatic carbocycles. The number of carboxylic acids is 1. The van der Waals surface area contributed by atoms with Crippen LogP contribution in [0.15, 0.2) is 54.1 Å². The number of aliphatic carboxylic acids is 1. The van der Waals surface area contributed by atoms with E-state index in [1.807, 2.05) is 18.3 Å². The van der Waals surface area contributed by atoms with Gasteiger partial charge in [0, 0.05) is 58.4 Å². The van der Waals surface area contributed by atoms with Crippen molar-refractivity contribution in [3.63, 3.8) is 0 Å². The molecule has 2 aromatic heterocycles. The molecule has 2 aliphatic heterocycles. The van der Waals surface area contributed by atoms with Gasteiger partial charge in [0.15, 0.2) is 0 Å². The number of aromatic amines is 1. The van der Waals surface area contributed by atoms with Gasteiger partial charge in [-0.25, -0.2) is 4.79 Å². The van der Waals surface area contributed by atoms with E-state index in [0.717, 1.165) is 63.9 Å². The molecular weight excluding hydrogens is 483 g/mol. The number of fused-ring (bicyclic) bond motifs is 1. The number of nitrogens with one attached hydrogen (secondary N) is 2. The Bertz CT molecular complexity index is 1270. The summed E-state index contributed by atoms with van der Waals surface area (Å²) in [5.41, 5.74) is 6.72. The Labute approximate surface area is 202 Å². The van der Waals surface area contributed by atoms with Gasteiger partial charge in [-0.2, -0.15) is 13.2 Å². The first-order chi connectivity index (χ1) is 16.7. The first kappa shape index (κ1) is 24.4. The molecule has 0 fully saturated rings. The molecule has 11 heteroatoms. The maximum atomic E-state index is 12.0. The summed E-state index contributed by atoms with van der Waals surface area (Å²) in [6.45, 7) is 1.43. The lowest BCUT2D eigenvalue weighted by Crippen LogP contribution is -2.31. The first-order valence-electron chi connectivity index (χ1n) is 10.5. The van der Waals surface area contributed by atoms with E-state index in [-0.39, 0.29) is 5.91 Å². The molecule has 0 radical (unpaired) electrons. The molecule has 3 aromatic rings. The average Bonchev–Trinajstić information content (AvgIpc) is 3.31. The van der Waals surface area contributed by atoms with Crippen molar-refractivity contribution in [2.45, 2.75) is 12.6 Å². The summed E-state index contributed by atoms with van der Waals surface area (Å²) in [6, 6.07) is 14.2. The summed E-state index contributed by atoms with van der Waals surface area (Å²) in [4.78, 5) is 28.8. The van der Waals surface area contributed by atoms with Crippen molar-refractivity contribution in [2.75, 3.05) is 18.9 Å². The number of rotatable bonds is 3. The zero-order valence-electron chi connectivity index (χ0n) is 18.2. The largest absolute Gasteiger partial charge is 0.492 e. The molecule has 5 rings (SSSR count). The molecule has 0 aliphatic carbocycles. The van der Waals surface area contributed by atoms with Crippen LogP contribution in [0, 0.1) is 0 Å². The number of H-pyrrole nitrogens is 1. The number of hydrogen-bond acceptors (Lipinski definition) is 5. The first-order valence-corrected chi connectivity index (χ1v) is 11.6. The number of halogens is 3. The summed E-state index contributed by atoms with van der Waals surface area (Å²) in [5.74, 6) is -0.833. The molecular formula is C24H20F3N3O4S. The molecule has 182 valence electrons. The smallest absolute Gasteiger partial charge is 0.490 e. The Morgan fingerprint density at radius 1 is 1.09 bits per heavy atom. The fraction of sp³-hybridized carbons (Fsp3) is 0.208. The van der Waals surface area contributed by atoms with Crippen LogP contribution in [0.2, 0.25) is 0 Å². The number of benzene rings is 1. The number of aromatic nitrogens is 2. The fourth-order valence-corrected chi connectivity index (χ4v) is 4.18. The Hall–Kier alpha value is -3.73.